The van der Waals surface area contributed by atoms with Crippen LogP contribution in [0.4, 0.5) is 0 Å². The summed E-state index contributed by atoms with van der Waals surface area (Å²) in [6.07, 6.45) is 1.47. The molecule has 0 aliphatic heterocycles. The molecule has 5 nitrogen and oxygen atoms in total. The molecule has 0 saturated heterocycles. The summed E-state index contributed by atoms with van der Waals surface area (Å²) in [6, 6.07) is 10.7. The standard InChI is InChI=1S/C15H15NO4/c1-18-13-4-3-5-14(8-13)20-10-12-7-6-11(9-16-12)15(17)19-2/h3-9H,10H2,1-2H3. The first-order valence-electron chi connectivity index (χ1n) is 6.03. The molecule has 0 N–H and O–H groups in total. The van der Waals surface area contributed by atoms with Crippen LogP contribution in [-0.4, -0.2) is 25.2 Å². The molecule has 0 unspecified atom stereocenters. The molecule has 0 spiro atoms. The fraction of sp³-hybridized carbons (Fsp3) is 0.200. The molecule has 104 valence electrons. The third-order valence-corrected chi connectivity index (χ3v) is 2.67. The molecular weight excluding hydrogens is 258 g/mol. The first-order chi connectivity index (χ1) is 9.72. The van der Waals surface area contributed by atoms with E-state index in [1.165, 1.54) is 13.3 Å². The Morgan fingerprint density at radius 3 is 2.60 bits per heavy atom. The predicted molar refractivity (Wildman–Crippen MR) is 72.9 cm³/mol. The van der Waals surface area contributed by atoms with Gasteiger partial charge in [0.15, 0.2) is 0 Å². The van der Waals surface area contributed by atoms with Crippen LogP contribution in [0.1, 0.15) is 16.1 Å². The van der Waals surface area contributed by atoms with Crippen LogP contribution in [0, 0.1) is 0 Å². The first-order valence-corrected chi connectivity index (χ1v) is 6.03. The number of methoxy groups -OCH3 is 2. The monoisotopic (exact) mass is 273 g/mol. The van der Waals surface area contributed by atoms with Gasteiger partial charge in [0.05, 0.1) is 25.5 Å². The van der Waals surface area contributed by atoms with Crippen LogP contribution in [0.3, 0.4) is 0 Å². The van der Waals surface area contributed by atoms with Gasteiger partial charge in [0, 0.05) is 12.3 Å². The second-order valence-electron chi connectivity index (χ2n) is 4.00. The smallest absolute Gasteiger partial charge is 0.339 e. The van der Waals surface area contributed by atoms with Gasteiger partial charge in [-0.3, -0.25) is 4.98 Å². The summed E-state index contributed by atoms with van der Waals surface area (Å²) >= 11 is 0. The largest absolute Gasteiger partial charge is 0.497 e. The number of esters is 1. The lowest BCUT2D eigenvalue weighted by Gasteiger charge is -2.07. The Kier molecular flexibility index (Phi) is 4.55. The first kappa shape index (κ1) is 13.9. The molecule has 0 fully saturated rings. The number of pyridine rings is 1. The third-order valence-electron chi connectivity index (χ3n) is 2.67. The number of carbonyl (C=O) groups is 1. The van der Waals surface area contributed by atoms with Gasteiger partial charge in [-0.2, -0.15) is 0 Å². The second kappa shape index (κ2) is 6.56. The van der Waals surface area contributed by atoms with Crippen molar-refractivity contribution < 1.29 is 19.0 Å². The Hall–Kier alpha value is -2.56. The topological polar surface area (TPSA) is 57.7 Å². The fourth-order valence-corrected chi connectivity index (χ4v) is 1.60. The minimum absolute atomic E-state index is 0.314. The van der Waals surface area contributed by atoms with Gasteiger partial charge in [0.1, 0.15) is 18.1 Å². The summed E-state index contributed by atoms with van der Waals surface area (Å²) in [5.41, 5.74) is 1.14. The van der Waals surface area contributed by atoms with Gasteiger partial charge in [-0.25, -0.2) is 4.79 Å². The van der Waals surface area contributed by atoms with Gasteiger partial charge in [-0.15, -0.1) is 0 Å². The van der Waals surface area contributed by atoms with E-state index in [2.05, 4.69) is 9.72 Å². The summed E-state index contributed by atoms with van der Waals surface area (Å²) in [7, 11) is 2.94. The van der Waals surface area contributed by atoms with Crippen molar-refractivity contribution in [1.29, 1.82) is 0 Å². The zero-order valence-electron chi connectivity index (χ0n) is 11.3. The summed E-state index contributed by atoms with van der Waals surface area (Å²) in [5, 5.41) is 0. The summed E-state index contributed by atoms with van der Waals surface area (Å²) in [5.74, 6) is 1.03. The van der Waals surface area contributed by atoms with Crippen LogP contribution in [0.25, 0.3) is 0 Å². The van der Waals surface area contributed by atoms with E-state index in [4.69, 9.17) is 9.47 Å². The van der Waals surface area contributed by atoms with Crippen LogP contribution in [0.5, 0.6) is 11.5 Å². The lowest BCUT2D eigenvalue weighted by Crippen LogP contribution is -2.04. The number of hydrogen-bond acceptors (Lipinski definition) is 5. The Bertz CT molecular complexity index is 581. The average molecular weight is 273 g/mol. The van der Waals surface area contributed by atoms with Crippen molar-refractivity contribution >= 4 is 5.97 Å². The van der Waals surface area contributed by atoms with Crippen LogP contribution >= 0.6 is 0 Å². The summed E-state index contributed by atoms with van der Waals surface area (Å²) in [4.78, 5) is 15.4. The molecule has 0 aliphatic rings. The molecule has 2 rings (SSSR count). The molecule has 0 bridgehead atoms. The van der Waals surface area contributed by atoms with Gasteiger partial charge in [-0.05, 0) is 24.3 Å². The van der Waals surface area contributed by atoms with Crippen molar-refractivity contribution in [3.63, 3.8) is 0 Å². The SMILES string of the molecule is COC(=O)c1ccc(COc2cccc(OC)c2)nc1. The third kappa shape index (κ3) is 3.47. The molecule has 1 aromatic carbocycles. The fourth-order valence-electron chi connectivity index (χ4n) is 1.60. The zero-order valence-corrected chi connectivity index (χ0v) is 11.3. The summed E-state index contributed by atoms with van der Waals surface area (Å²) in [6.45, 7) is 0.314. The van der Waals surface area contributed by atoms with Crippen molar-refractivity contribution in [1.82, 2.24) is 4.98 Å². The van der Waals surface area contributed by atoms with E-state index in [-0.39, 0.29) is 0 Å². The van der Waals surface area contributed by atoms with E-state index in [1.54, 1.807) is 25.3 Å². The number of ether oxygens (including phenoxy) is 3. The number of nitrogens with zero attached hydrogens (tertiary/aromatic N) is 1. The summed E-state index contributed by atoms with van der Waals surface area (Å²) < 4.78 is 15.3. The molecule has 5 heteroatoms. The van der Waals surface area contributed by atoms with Gasteiger partial charge in [0.25, 0.3) is 0 Å². The molecule has 0 atom stereocenters. The lowest BCUT2D eigenvalue weighted by molar-refractivity contribution is 0.0600. The van der Waals surface area contributed by atoms with E-state index in [0.29, 0.717) is 17.9 Å². The van der Waals surface area contributed by atoms with E-state index < -0.39 is 5.97 Å². The molecule has 1 aromatic heterocycles. The zero-order chi connectivity index (χ0) is 14.4. The van der Waals surface area contributed by atoms with Gasteiger partial charge >= 0.3 is 5.97 Å². The molecule has 20 heavy (non-hydrogen) atoms. The van der Waals surface area contributed by atoms with Crippen LogP contribution in [-0.2, 0) is 11.3 Å². The molecule has 0 amide bonds. The number of carbonyl (C=O) groups excluding carboxylic acids is 1. The van der Waals surface area contributed by atoms with Crippen molar-refractivity contribution in [2.45, 2.75) is 6.61 Å². The minimum Gasteiger partial charge on any atom is -0.497 e. The number of rotatable bonds is 5. The maximum Gasteiger partial charge on any atom is 0.339 e. The Balaban J connectivity index is 1.98. The predicted octanol–water partition coefficient (Wildman–Crippen LogP) is 2.46. The molecule has 0 radical (unpaired) electrons. The molecule has 1 heterocycles. The van der Waals surface area contributed by atoms with Crippen molar-refractivity contribution in [3.8, 4) is 11.5 Å². The van der Waals surface area contributed by atoms with Gasteiger partial charge in [-0.1, -0.05) is 6.07 Å². The number of benzene rings is 1. The van der Waals surface area contributed by atoms with Crippen molar-refractivity contribution in [3.05, 3.63) is 53.9 Å². The molecule has 2 aromatic rings. The highest BCUT2D eigenvalue weighted by Gasteiger charge is 2.05. The normalized spacial score (nSPS) is 9.90. The second-order valence-corrected chi connectivity index (χ2v) is 4.00. The van der Waals surface area contributed by atoms with Crippen LogP contribution < -0.4 is 9.47 Å². The van der Waals surface area contributed by atoms with E-state index in [9.17, 15) is 4.79 Å². The molecule has 0 saturated carbocycles. The highest BCUT2D eigenvalue weighted by molar-refractivity contribution is 5.88. The Labute approximate surface area is 117 Å². The number of hydrogen-bond donors (Lipinski definition) is 0. The highest BCUT2D eigenvalue weighted by Crippen LogP contribution is 2.19. The van der Waals surface area contributed by atoms with Crippen molar-refractivity contribution in [2.24, 2.45) is 0 Å². The maximum absolute atomic E-state index is 11.3. The maximum atomic E-state index is 11.3. The highest BCUT2D eigenvalue weighted by atomic mass is 16.5. The van der Waals surface area contributed by atoms with Crippen LogP contribution in [0.2, 0.25) is 0 Å². The quantitative estimate of drug-likeness (QED) is 0.783. The van der Waals surface area contributed by atoms with E-state index >= 15 is 0 Å². The molecule has 0 aliphatic carbocycles. The van der Waals surface area contributed by atoms with Gasteiger partial charge < -0.3 is 14.2 Å². The number of aromatic nitrogens is 1. The van der Waals surface area contributed by atoms with Crippen molar-refractivity contribution in [2.75, 3.05) is 14.2 Å². The molecular formula is C15H15NO4. The minimum atomic E-state index is -0.405. The average Bonchev–Trinajstić information content (AvgIpc) is 2.53. The lowest BCUT2D eigenvalue weighted by atomic mass is 10.2. The Morgan fingerprint density at radius 1 is 1.15 bits per heavy atom. The Morgan fingerprint density at radius 2 is 1.95 bits per heavy atom. The van der Waals surface area contributed by atoms with E-state index in [0.717, 1.165) is 11.4 Å². The van der Waals surface area contributed by atoms with E-state index in [1.807, 2.05) is 18.2 Å². The van der Waals surface area contributed by atoms with Crippen LogP contribution in [0.15, 0.2) is 42.6 Å². The van der Waals surface area contributed by atoms with Gasteiger partial charge in [0.2, 0.25) is 0 Å².